The first-order chi connectivity index (χ1) is 13.7. The van der Waals surface area contributed by atoms with Crippen LogP contribution in [0.4, 0.5) is 0 Å². The lowest BCUT2D eigenvalue weighted by atomic mass is 9.92. The zero-order valence-corrected chi connectivity index (χ0v) is 18.2. The molecule has 2 aliphatic rings. The summed E-state index contributed by atoms with van der Waals surface area (Å²) in [4.78, 5) is 7.39. The van der Waals surface area contributed by atoms with E-state index in [0.29, 0.717) is 25.1 Å². The van der Waals surface area contributed by atoms with Gasteiger partial charge in [-0.15, -0.1) is 0 Å². The molecule has 164 valence electrons. The Bertz CT molecular complexity index is 435. The number of guanidine groups is 1. The summed E-state index contributed by atoms with van der Waals surface area (Å²) in [7, 11) is 0. The molecular weight excluding hydrogens is 356 g/mol. The summed E-state index contributed by atoms with van der Waals surface area (Å²) in [6, 6.07) is 0.432. The Morgan fingerprint density at radius 2 is 1.89 bits per heavy atom. The van der Waals surface area contributed by atoms with E-state index in [1.807, 2.05) is 0 Å². The normalized spacial score (nSPS) is 21.0. The second-order valence-corrected chi connectivity index (χ2v) is 8.03. The summed E-state index contributed by atoms with van der Waals surface area (Å²) in [5, 5.41) is 16.7. The molecule has 0 radical (unpaired) electrons. The fourth-order valence-electron chi connectivity index (χ4n) is 3.76. The van der Waals surface area contributed by atoms with Gasteiger partial charge in [0.15, 0.2) is 5.96 Å². The van der Waals surface area contributed by atoms with E-state index in [0.717, 1.165) is 70.7 Å². The zero-order chi connectivity index (χ0) is 20.2. The fourth-order valence-corrected chi connectivity index (χ4v) is 3.76. The number of nitrogens with one attached hydrogen (secondary N) is 2. The van der Waals surface area contributed by atoms with Crippen molar-refractivity contribution < 1.29 is 14.6 Å². The first-order valence-electron chi connectivity index (χ1n) is 11.3. The van der Waals surface area contributed by atoms with Crippen molar-refractivity contribution >= 4 is 5.96 Å². The Balaban J connectivity index is 1.85. The highest BCUT2D eigenvalue weighted by Gasteiger charge is 2.27. The van der Waals surface area contributed by atoms with Crippen molar-refractivity contribution in [3.05, 3.63) is 0 Å². The zero-order valence-electron chi connectivity index (χ0n) is 18.2. The van der Waals surface area contributed by atoms with Gasteiger partial charge >= 0.3 is 0 Å². The average Bonchev–Trinajstić information content (AvgIpc) is 3.54. The Hall–Kier alpha value is -0.890. The summed E-state index contributed by atoms with van der Waals surface area (Å²) >= 11 is 0. The van der Waals surface area contributed by atoms with Crippen LogP contribution in [0.3, 0.4) is 0 Å². The van der Waals surface area contributed by atoms with E-state index in [9.17, 15) is 5.11 Å². The molecule has 1 saturated heterocycles. The molecule has 28 heavy (non-hydrogen) atoms. The minimum Gasteiger partial charge on any atom is -0.389 e. The number of nitrogens with zero attached hydrogens (tertiary/aromatic N) is 2. The van der Waals surface area contributed by atoms with Gasteiger partial charge in [-0.1, -0.05) is 26.7 Å². The van der Waals surface area contributed by atoms with Gasteiger partial charge < -0.3 is 25.2 Å². The van der Waals surface area contributed by atoms with Crippen LogP contribution in [0.2, 0.25) is 0 Å². The van der Waals surface area contributed by atoms with E-state index in [1.54, 1.807) is 0 Å². The average molecular weight is 399 g/mol. The summed E-state index contributed by atoms with van der Waals surface area (Å²) in [6.07, 6.45) is 4.35. The molecule has 2 unspecified atom stereocenters. The Morgan fingerprint density at radius 1 is 1.18 bits per heavy atom. The molecule has 2 fully saturated rings. The third kappa shape index (κ3) is 8.64. The van der Waals surface area contributed by atoms with E-state index in [2.05, 4.69) is 36.3 Å². The van der Waals surface area contributed by atoms with Crippen molar-refractivity contribution in [3.63, 3.8) is 0 Å². The molecule has 0 spiro atoms. The monoisotopic (exact) mass is 398 g/mol. The Morgan fingerprint density at radius 3 is 2.50 bits per heavy atom. The fraction of sp³-hybridized carbons (Fsp3) is 0.952. The lowest BCUT2D eigenvalue weighted by Gasteiger charge is -2.38. The first kappa shape index (κ1) is 23.4. The minimum atomic E-state index is -0.517. The van der Waals surface area contributed by atoms with Gasteiger partial charge in [-0.2, -0.15) is 0 Å². The molecule has 1 aliphatic carbocycles. The number of aliphatic hydroxyl groups excluding tert-OH is 1. The quantitative estimate of drug-likeness (QED) is 0.322. The molecule has 1 heterocycles. The van der Waals surface area contributed by atoms with Crippen LogP contribution in [0, 0.1) is 11.8 Å². The second-order valence-electron chi connectivity index (χ2n) is 8.03. The molecular formula is C21H42N4O3. The van der Waals surface area contributed by atoms with Crippen LogP contribution in [0.15, 0.2) is 4.99 Å². The molecule has 0 aromatic rings. The number of aliphatic hydroxyl groups is 1. The summed E-state index contributed by atoms with van der Waals surface area (Å²) in [5.74, 6) is 2.13. The number of morpholine rings is 1. The van der Waals surface area contributed by atoms with Gasteiger partial charge in [0.25, 0.3) is 0 Å². The van der Waals surface area contributed by atoms with E-state index < -0.39 is 6.10 Å². The first-order valence-corrected chi connectivity index (χ1v) is 11.3. The van der Waals surface area contributed by atoms with E-state index in [4.69, 9.17) is 14.5 Å². The summed E-state index contributed by atoms with van der Waals surface area (Å²) < 4.78 is 11.1. The van der Waals surface area contributed by atoms with Crippen LogP contribution < -0.4 is 10.6 Å². The maximum absolute atomic E-state index is 10.2. The van der Waals surface area contributed by atoms with Crippen LogP contribution in [0.25, 0.3) is 0 Å². The predicted octanol–water partition coefficient (Wildman–Crippen LogP) is 1.47. The molecule has 0 aromatic carbocycles. The molecule has 1 saturated carbocycles. The lowest BCUT2D eigenvalue weighted by molar-refractivity contribution is 0.00393. The highest BCUT2D eigenvalue weighted by atomic mass is 16.5. The van der Waals surface area contributed by atoms with Crippen molar-refractivity contribution in [2.75, 3.05) is 59.2 Å². The van der Waals surface area contributed by atoms with Crippen LogP contribution in [0.1, 0.15) is 46.5 Å². The molecule has 2 atom stereocenters. The van der Waals surface area contributed by atoms with E-state index >= 15 is 0 Å². The van der Waals surface area contributed by atoms with Gasteiger partial charge in [0, 0.05) is 38.8 Å². The van der Waals surface area contributed by atoms with Crippen molar-refractivity contribution in [1.82, 2.24) is 15.5 Å². The number of hydrogen-bond donors (Lipinski definition) is 3. The molecule has 1 aliphatic heterocycles. The third-order valence-corrected chi connectivity index (χ3v) is 5.75. The van der Waals surface area contributed by atoms with Crippen LogP contribution in [-0.2, 0) is 9.47 Å². The van der Waals surface area contributed by atoms with Gasteiger partial charge in [0.05, 0.1) is 32.5 Å². The maximum Gasteiger partial charge on any atom is 0.191 e. The largest absolute Gasteiger partial charge is 0.389 e. The molecule has 0 amide bonds. The topological polar surface area (TPSA) is 78.4 Å². The molecule has 7 heteroatoms. The number of ether oxygens (including phenoxy) is 2. The van der Waals surface area contributed by atoms with Gasteiger partial charge in [-0.3, -0.25) is 9.89 Å². The standard InChI is InChI=1S/C21H42N4O3/c1-4-18(5-2)20(25-9-11-27-12-10-25)14-24-21(22-6-3)23-13-19(26)16-28-15-17-7-8-17/h17-20,26H,4-16H2,1-3H3,(H2,22,23,24). The van der Waals surface area contributed by atoms with Crippen LogP contribution >= 0.6 is 0 Å². The molecule has 0 aromatic heterocycles. The predicted molar refractivity (Wildman–Crippen MR) is 114 cm³/mol. The summed E-state index contributed by atoms with van der Waals surface area (Å²) in [6.45, 7) is 13.4. The van der Waals surface area contributed by atoms with Gasteiger partial charge in [-0.25, -0.2) is 0 Å². The Kier molecular flexibility index (Phi) is 11.2. The third-order valence-electron chi connectivity index (χ3n) is 5.75. The smallest absolute Gasteiger partial charge is 0.191 e. The lowest BCUT2D eigenvalue weighted by Crippen LogP contribution is -2.49. The molecule has 0 bridgehead atoms. The molecule has 7 nitrogen and oxygen atoms in total. The Labute approximate surface area is 171 Å². The van der Waals surface area contributed by atoms with Crippen molar-refractivity contribution in [2.24, 2.45) is 16.8 Å². The SMILES string of the molecule is CCNC(=NCC(C(CC)CC)N1CCOCC1)NCC(O)COCC1CC1. The van der Waals surface area contributed by atoms with Crippen LogP contribution in [-0.4, -0.2) is 87.3 Å². The minimum absolute atomic E-state index is 0.382. The van der Waals surface area contributed by atoms with Crippen molar-refractivity contribution in [2.45, 2.75) is 58.6 Å². The number of hydrogen-bond acceptors (Lipinski definition) is 5. The molecule has 3 N–H and O–H groups in total. The van der Waals surface area contributed by atoms with Gasteiger partial charge in [0.1, 0.15) is 0 Å². The van der Waals surface area contributed by atoms with Crippen molar-refractivity contribution in [1.29, 1.82) is 0 Å². The van der Waals surface area contributed by atoms with E-state index in [1.165, 1.54) is 12.8 Å². The molecule has 2 rings (SSSR count). The second kappa shape index (κ2) is 13.4. The van der Waals surface area contributed by atoms with E-state index in [-0.39, 0.29) is 0 Å². The summed E-state index contributed by atoms with van der Waals surface area (Å²) in [5.41, 5.74) is 0. The maximum atomic E-state index is 10.2. The highest BCUT2D eigenvalue weighted by Crippen LogP contribution is 2.28. The number of rotatable bonds is 13. The van der Waals surface area contributed by atoms with Crippen LogP contribution in [0.5, 0.6) is 0 Å². The number of aliphatic imine (C=N–C) groups is 1. The van der Waals surface area contributed by atoms with Gasteiger partial charge in [0.2, 0.25) is 0 Å². The van der Waals surface area contributed by atoms with Crippen molar-refractivity contribution in [3.8, 4) is 0 Å². The highest BCUT2D eigenvalue weighted by molar-refractivity contribution is 5.79. The van der Waals surface area contributed by atoms with Gasteiger partial charge in [-0.05, 0) is 31.6 Å².